The Morgan fingerprint density at radius 2 is 2.05 bits per heavy atom. The molecule has 20 heavy (non-hydrogen) atoms. The summed E-state index contributed by atoms with van der Waals surface area (Å²) in [6.07, 6.45) is 0.972. The molecule has 2 aromatic rings. The molecule has 0 aliphatic heterocycles. The van der Waals surface area contributed by atoms with E-state index in [4.69, 9.17) is 21.9 Å². The van der Waals surface area contributed by atoms with Crippen molar-refractivity contribution in [1.29, 1.82) is 0 Å². The number of hydrogen-bond donors (Lipinski definition) is 3. The van der Waals surface area contributed by atoms with Crippen LogP contribution in [0.4, 0.5) is 21.6 Å². The van der Waals surface area contributed by atoms with E-state index in [9.17, 15) is 12.8 Å². The summed E-state index contributed by atoms with van der Waals surface area (Å²) in [6, 6.07) is 3.65. The summed E-state index contributed by atoms with van der Waals surface area (Å²) >= 11 is 5.66. The molecule has 0 unspecified atom stereocenters. The highest BCUT2D eigenvalue weighted by Crippen LogP contribution is 2.27. The van der Waals surface area contributed by atoms with Gasteiger partial charge in [0.25, 0.3) is 10.1 Å². The molecular weight excluding hydrogens is 311 g/mol. The van der Waals surface area contributed by atoms with Crippen LogP contribution in [0.1, 0.15) is 0 Å². The van der Waals surface area contributed by atoms with Crippen LogP contribution in [0.25, 0.3) is 0 Å². The molecule has 1 aromatic heterocycles. The first-order chi connectivity index (χ1) is 9.29. The van der Waals surface area contributed by atoms with Crippen molar-refractivity contribution in [3.05, 3.63) is 35.5 Å². The zero-order valence-electron chi connectivity index (χ0n) is 9.71. The number of aromatic nitrogens is 2. The molecule has 2 rings (SSSR count). The van der Waals surface area contributed by atoms with Crippen LogP contribution < -0.4 is 11.1 Å². The average molecular weight is 319 g/mol. The monoisotopic (exact) mass is 318 g/mol. The second-order valence-electron chi connectivity index (χ2n) is 3.68. The maximum Gasteiger partial charge on any atom is 0.296 e. The van der Waals surface area contributed by atoms with Crippen LogP contribution in [-0.2, 0) is 10.1 Å². The molecule has 0 fully saturated rings. The second kappa shape index (κ2) is 5.19. The van der Waals surface area contributed by atoms with Gasteiger partial charge in [-0.1, -0.05) is 11.6 Å². The normalized spacial score (nSPS) is 11.3. The molecular formula is C10H8ClFN4O3S. The highest BCUT2D eigenvalue weighted by atomic mass is 35.5. The van der Waals surface area contributed by atoms with E-state index in [1.807, 2.05) is 0 Å². The van der Waals surface area contributed by atoms with Crippen LogP contribution in [0, 0.1) is 5.95 Å². The van der Waals surface area contributed by atoms with Crippen molar-refractivity contribution in [3.8, 4) is 0 Å². The number of benzene rings is 1. The predicted octanol–water partition coefficient (Wildman–Crippen LogP) is 1.84. The van der Waals surface area contributed by atoms with Crippen LogP contribution >= 0.6 is 11.6 Å². The number of nitrogens with one attached hydrogen (secondary N) is 1. The highest BCUT2D eigenvalue weighted by molar-refractivity contribution is 7.86. The second-order valence-corrected chi connectivity index (χ2v) is 5.45. The lowest BCUT2D eigenvalue weighted by Crippen LogP contribution is -2.04. The third kappa shape index (κ3) is 2.95. The Morgan fingerprint density at radius 3 is 2.65 bits per heavy atom. The Kier molecular flexibility index (Phi) is 3.75. The SMILES string of the molecule is Nc1cc(Nc2ncnc(F)c2Cl)ccc1S(=O)(=O)O. The molecule has 106 valence electrons. The molecule has 1 heterocycles. The van der Waals surface area contributed by atoms with Crippen LogP contribution in [-0.4, -0.2) is 22.9 Å². The minimum atomic E-state index is -4.40. The van der Waals surface area contributed by atoms with E-state index in [1.54, 1.807) is 0 Å². The largest absolute Gasteiger partial charge is 0.398 e. The third-order valence-electron chi connectivity index (χ3n) is 2.30. The van der Waals surface area contributed by atoms with Crippen molar-refractivity contribution in [2.75, 3.05) is 11.1 Å². The molecule has 0 bridgehead atoms. The third-order valence-corrected chi connectivity index (χ3v) is 3.56. The summed E-state index contributed by atoms with van der Waals surface area (Å²) in [7, 11) is -4.40. The Bertz CT molecular complexity index is 769. The van der Waals surface area contributed by atoms with Crippen LogP contribution in [0.3, 0.4) is 0 Å². The van der Waals surface area contributed by atoms with Crippen molar-refractivity contribution in [2.24, 2.45) is 0 Å². The molecule has 0 atom stereocenters. The van der Waals surface area contributed by atoms with Gasteiger partial charge in [-0.15, -0.1) is 0 Å². The van der Waals surface area contributed by atoms with E-state index >= 15 is 0 Å². The topological polar surface area (TPSA) is 118 Å². The van der Waals surface area contributed by atoms with E-state index in [1.165, 1.54) is 12.1 Å². The summed E-state index contributed by atoms with van der Waals surface area (Å²) in [5.41, 5.74) is 5.65. The first-order valence-electron chi connectivity index (χ1n) is 5.09. The van der Waals surface area contributed by atoms with E-state index in [0.29, 0.717) is 5.69 Å². The maximum atomic E-state index is 13.1. The molecule has 0 spiro atoms. The number of hydrogen-bond acceptors (Lipinski definition) is 6. The Morgan fingerprint density at radius 1 is 1.35 bits per heavy atom. The lowest BCUT2D eigenvalue weighted by atomic mass is 10.3. The lowest BCUT2D eigenvalue weighted by Gasteiger charge is -2.09. The van der Waals surface area contributed by atoms with Crippen molar-refractivity contribution < 1.29 is 17.4 Å². The number of rotatable bonds is 3. The molecule has 0 saturated carbocycles. The maximum absolute atomic E-state index is 13.1. The lowest BCUT2D eigenvalue weighted by molar-refractivity contribution is 0.483. The number of anilines is 3. The summed E-state index contributed by atoms with van der Waals surface area (Å²) in [5.74, 6) is -0.898. The Balaban J connectivity index is 2.36. The summed E-state index contributed by atoms with van der Waals surface area (Å²) in [5, 5.41) is 2.34. The molecule has 0 saturated heterocycles. The summed E-state index contributed by atoms with van der Waals surface area (Å²) < 4.78 is 44.0. The average Bonchev–Trinajstić information content (AvgIpc) is 2.33. The van der Waals surface area contributed by atoms with Crippen LogP contribution in [0.5, 0.6) is 0 Å². The quantitative estimate of drug-likeness (QED) is 0.449. The van der Waals surface area contributed by atoms with Crippen LogP contribution in [0.15, 0.2) is 29.4 Å². The van der Waals surface area contributed by atoms with Crippen LogP contribution in [0.2, 0.25) is 5.02 Å². The number of halogens is 2. The fourth-order valence-electron chi connectivity index (χ4n) is 1.43. The van der Waals surface area contributed by atoms with Gasteiger partial charge in [0, 0.05) is 5.69 Å². The Hall–Kier alpha value is -1.97. The van der Waals surface area contributed by atoms with Gasteiger partial charge in [-0.25, -0.2) is 9.97 Å². The first kappa shape index (κ1) is 14.4. The van der Waals surface area contributed by atoms with Gasteiger partial charge >= 0.3 is 0 Å². The highest BCUT2D eigenvalue weighted by Gasteiger charge is 2.15. The first-order valence-corrected chi connectivity index (χ1v) is 6.91. The zero-order chi connectivity index (χ0) is 14.9. The molecule has 0 aliphatic rings. The van der Waals surface area contributed by atoms with E-state index < -0.39 is 21.0 Å². The van der Waals surface area contributed by atoms with Crippen molar-refractivity contribution >= 4 is 38.9 Å². The van der Waals surface area contributed by atoms with Crippen molar-refractivity contribution in [2.45, 2.75) is 4.90 Å². The van der Waals surface area contributed by atoms with E-state index in [2.05, 4.69) is 15.3 Å². The fraction of sp³-hybridized carbons (Fsp3) is 0. The molecule has 4 N–H and O–H groups in total. The number of nitrogens with two attached hydrogens (primary N) is 1. The molecule has 0 aliphatic carbocycles. The molecule has 0 amide bonds. The number of nitrogens with zero attached hydrogens (tertiary/aromatic N) is 2. The van der Waals surface area contributed by atoms with Gasteiger partial charge in [-0.05, 0) is 18.2 Å². The summed E-state index contributed by atoms with van der Waals surface area (Å²) in [6.45, 7) is 0. The Labute approximate surface area is 118 Å². The standard InChI is InChI=1S/C10H8ClFN4O3S/c11-8-9(12)14-4-15-10(8)16-5-1-2-7(6(13)3-5)20(17,18)19/h1-4H,13H2,(H,14,15,16)(H,17,18,19). The van der Waals surface area contributed by atoms with Gasteiger partial charge in [0.2, 0.25) is 5.95 Å². The minimum absolute atomic E-state index is 0.00169. The molecule has 0 radical (unpaired) electrons. The van der Waals surface area contributed by atoms with Gasteiger partial charge < -0.3 is 11.1 Å². The van der Waals surface area contributed by atoms with Gasteiger partial charge in [-0.3, -0.25) is 4.55 Å². The summed E-state index contributed by atoms with van der Waals surface area (Å²) in [4.78, 5) is 6.56. The smallest absolute Gasteiger partial charge is 0.296 e. The fourth-order valence-corrected chi connectivity index (χ4v) is 2.17. The number of nitrogen functional groups attached to an aromatic ring is 1. The van der Waals surface area contributed by atoms with Gasteiger partial charge in [-0.2, -0.15) is 12.8 Å². The van der Waals surface area contributed by atoms with Gasteiger partial charge in [0.05, 0.1) is 5.69 Å². The molecule has 1 aromatic carbocycles. The molecule has 7 nitrogen and oxygen atoms in total. The van der Waals surface area contributed by atoms with E-state index in [-0.39, 0.29) is 16.5 Å². The van der Waals surface area contributed by atoms with Gasteiger partial charge in [0.1, 0.15) is 16.2 Å². The van der Waals surface area contributed by atoms with Gasteiger partial charge in [0.15, 0.2) is 5.82 Å². The van der Waals surface area contributed by atoms with Crippen molar-refractivity contribution in [3.63, 3.8) is 0 Å². The van der Waals surface area contributed by atoms with E-state index in [0.717, 1.165) is 12.4 Å². The zero-order valence-corrected chi connectivity index (χ0v) is 11.3. The predicted molar refractivity (Wildman–Crippen MR) is 71.0 cm³/mol. The van der Waals surface area contributed by atoms with Crippen molar-refractivity contribution in [1.82, 2.24) is 9.97 Å². The molecule has 10 heteroatoms. The minimum Gasteiger partial charge on any atom is -0.398 e.